The Morgan fingerprint density at radius 2 is 2.21 bits per heavy atom. The summed E-state index contributed by atoms with van der Waals surface area (Å²) in [4.78, 5) is 10.3. The van der Waals surface area contributed by atoms with Crippen LogP contribution in [0, 0.1) is 6.92 Å². The van der Waals surface area contributed by atoms with Gasteiger partial charge >= 0.3 is 0 Å². The minimum Gasteiger partial charge on any atom is -0.309 e. The zero-order chi connectivity index (χ0) is 13.5. The Morgan fingerprint density at radius 1 is 1.32 bits per heavy atom. The van der Waals surface area contributed by atoms with Crippen molar-refractivity contribution in [3.63, 3.8) is 0 Å². The smallest absolute Gasteiger partial charge is 0.0756 e. The summed E-state index contributed by atoms with van der Waals surface area (Å²) in [6, 6.07) is 4.61. The molecule has 0 aliphatic heterocycles. The molecule has 0 aromatic carbocycles. The Kier molecular flexibility index (Phi) is 5.48. The van der Waals surface area contributed by atoms with Gasteiger partial charge < -0.3 is 5.32 Å². The fraction of sp³-hybridized carbons (Fsp3) is 0.467. The lowest BCUT2D eigenvalue weighted by atomic mass is 10.1. The van der Waals surface area contributed by atoms with Crippen LogP contribution in [0.3, 0.4) is 0 Å². The normalized spacial score (nSPS) is 12.5. The molecular formula is C15H21N3S. The molecular weight excluding hydrogens is 254 g/mol. The van der Waals surface area contributed by atoms with Crippen molar-refractivity contribution >= 4 is 11.3 Å². The van der Waals surface area contributed by atoms with Crippen molar-refractivity contribution in [3.05, 3.63) is 46.2 Å². The number of aromatic nitrogens is 2. The fourth-order valence-electron chi connectivity index (χ4n) is 2.00. The Labute approximate surface area is 119 Å². The number of thiophene rings is 1. The SMILES string of the molecule is CCCNC(CCc1cccs1)c1cnc(C)cn1. The number of hydrogen-bond donors (Lipinski definition) is 1. The molecule has 0 aliphatic carbocycles. The molecule has 0 amide bonds. The van der Waals surface area contributed by atoms with Crippen LogP contribution in [-0.2, 0) is 6.42 Å². The molecule has 2 aromatic rings. The molecule has 0 radical (unpaired) electrons. The predicted molar refractivity (Wildman–Crippen MR) is 80.4 cm³/mol. The summed E-state index contributed by atoms with van der Waals surface area (Å²) in [6.45, 7) is 5.17. The Morgan fingerprint density at radius 3 is 2.84 bits per heavy atom. The molecule has 102 valence electrons. The predicted octanol–water partition coefficient (Wildman–Crippen LogP) is 3.52. The van der Waals surface area contributed by atoms with E-state index in [2.05, 4.69) is 39.7 Å². The summed E-state index contributed by atoms with van der Waals surface area (Å²) in [7, 11) is 0. The highest BCUT2D eigenvalue weighted by Crippen LogP contribution is 2.19. The summed E-state index contributed by atoms with van der Waals surface area (Å²) in [5, 5.41) is 5.70. The Bertz CT molecular complexity index is 465. The van der Waals surface area contributed by atoms with E-state index in [1.165, 1.54) is 4.88 Å². The molecule has 1 unspecified atom stereocenters. The highest BCUT2D eigenvalue weighted by molar-refractivity contribution is 7.09. The molecule has 2 heterocycles. The van der Waals surface area contributed by atoms with Crippen LogP contribution in [0.25, 0.3) is 0 Å². The van der Waals surface area contributed by atoms with Crippen LogP contribution in [0.2, 0.25) is 0 Å². The number of nitrogens with one attached hydrogen (secondary N) is 1. The van der Waals surface area contributed by atoms with Crippen molar-refractivity contribution < 1.29 is 0 Å². The number of aryl methyl sites for hydroxylation is 2. The first-order valence-electron chi connectivity index (χ1n) is 6.84. The zero-order valence-electron chi connectivity index (χ0n) is 11.6. The summed E-state index contributed by atoms with van der Waals surface area (Å²) in [6.07, 6.45) is 7.04. The number of nitrogens with zero attached hydrogens (tertiary/aromatic N) is 2. The van der Waals surface area contributed by atoms with Crippen molar-refractivity contribution in [2.75, 3.05) is 6.54 Å². The average Bonchev–Trinajstić information content (AvgIpc) is 2.93. The van der Waals surface area contributed by atoms with Crippen LogP contribution in [-0.4, -0.2) is 16.5 Å². The molecule has 1 atom stereocenters. The minimum atomic E-state index is 0.301. The minimum absolute atomic E-state index is 0.301. The topological polar surface area (TPSA) is 37.8 Å². The molecule has 19 heavy (non-hydrogen) atoms. The molecule has 2 aromatic heterocycles. The van der Waals surface area contributed by atoms with E-state index in [9.17, 15) is 0 Å². The van der Waals surface area contributed by atoms with Gasteiger partial charge in [-0.3, -0.25) is 9.97 Å². The third-order valence-electron chi connectivity index (χ3n) is 3.06. The van der Waals surface area contributed by atoms with Gasteiger partial charge in [-0.25, -0.2) is 0 Å². The lowest BCUT2D eigenvalue weighted by Crippen LogP contribution is -2.23. The third-order valence-corrected chi connectivity index (χ3v) is 3.99. The van der Waals surface area contributed by atoms with Crippen molar-refractivity contribution in [1.29, 1.82) is 0 Å². The highest BCUT2D eigenvalue weighted by Gasteiger charge is 2.12. The van der Waals surface area contributed by atoms with Crippen molar-refractivity contribution in [2.24, 2.45) is 0 Å². The highest BCUT2D eigenvalue weighted by atomic mass is 32.1. The largest absolute Gasteiger partial charge is 0.309 e. The van der Waals surface area contributed by atoms with Crippen molar-refractivity contribution in [3.8, 4) is 0 Å². The van der Waals surface area contributed by atoms with E-state index in [1.807, 2.05) is 30.7 Å². The van der Waals surface area contributed by atoms with Gasteiger partial charge in [-0.1, -0.05) is 13.0 Å². The van der Waals surface area contributed by atoms with Crippen LogP contribution in [0.15, 0.2) is 29.9 Å². The fourth-order valence-corrected chi connectivity index (χ4v) is 2.72. The standard InChI is InChI=1S/C15H21N3S/c1-3-8-16-14(7-6-13-5-4-9-19-13)15-11-17-12(2)10-18-15/h4-5,9-11,14,16H,3,6-8H2,1-2H3. The zero-order valence-corrected chi connectivity index (χ0v) is 12.4. The van der Waals surface area contributed by atoms with Crippen molar-refractivity contribution in [1.82, 2.24) is 15.3 Å². The second-order valence-electron chi connectivity index (χ2n) is 4.71. The Hall–Kier alpha value is -1.26. The summed E-state index contributed by atoms with van der Waals surface area (Å²) >= 11 is 1.82. The first-order chi connectivity index (χ1) is 9.29. The summed E-state index contributed by atoms with van der Waals surface area (Å²) in [5.74, 6) is 0. The molecule has 2 rings (SSSR count). The van der Waals surface area contributed by atoms with E-state index >= 15 is 0 Å². The molecule has 0 spiro atoms. The van der Waals surface area contributed by atoms with Crippen LogP contribution >= 0.6 is 11.3 Å². The maximum absolute atomic E-state index is 4.51. The first-order valence-corrected chi connectivity index (χ1v) is 7.72. The van der Waals surface area contributed by atoms with Crippen LogP contribution < -0.4 is 5.32 Å². The summed E-state index contributed by atoms with van der Waals surface area (Å²) in [5.41, 5.74) is 2.02. The average molecular weight is 275 g/mol. The molecule has 0 fully saturated rings. The molecule has 1 N–H and O–H groups in total. The van der Waals surface area contributed by atoms with E-state index in [0.29, 0.717) is 6.04 Å². The van der Waals surface area contributed by atoms with Crippen LogP contribution in [0.5, 0.6) is 0 Å². The van der Waals surface area contributed by atoms with E-state index in [1.54, 1.807) is 0 Å². The molecule has 0 bridgehead atoms. The van der Waals surface area contributed by atoms with Gasteiger partial charge in [-0.15, -0.1) is 11.3 Å². The number of hydrogen-bond acceptors (Lipinski definition) is 4. The quantitative estimate of drug-likeness (QED) is 0.840. The van der Waals surface area contributed by atoms with Crippen LogP contribution in [0.1, 0.15) is 42.1 Å². The van der Waals surface area contributed by atoms with Gasteiger partial charge in [0.15, 0.2) is 0 Å². The Balaban J connectivity index is 2.00. The van der Waals surface area contributed by atoms with E-state index in [4.69, 9.17) is 0 Å². The molecule has 3 nitrogen and oxygen atoms in total. The number of rotatable bonds is 7. The second kappa shape index (κ2) is 7.36. The van der Waals surface area contributed by atoms with Gasteiger partial charge in [0.1, 0.15) is 0 Å². The van der Waals surface area contributed by atoms with Gasteiger partial charge in [0.25, 0.3) is 0 Å². The molecule has 0 aliphatic rings. The lowest BCUT2D eigenvalue weighted by Gasteiger charge is -2.17. The molecule has 4 heteroatoms. The van der Waals surface area contributed by atoms with E-state index < -0.39 is 0 Å². The molecule has 0 saturated carbocycles. The van der Waals surface area contributed by atoms with Gasteiger partial charge in [0.05, 0.1) is 23.6 Å². The van der Waals surface area contributed by atoms with Crippen molar-refractivity contribution in [2.45, 2.75) is 39.2 Å². The molecule has 0 saturated heterocycles. The maximum atomic E-state index is 4.51. The first kappa shape index (κ1) is 14.2. The maximum Gasteiger partial charge on any atom is 0.0756 e. The third kappa shape index (κ3) is 4.40. The van der Waals surface area contributed by atoms with E-state index in [-0.39, 0.29) is 0 Å². The van der Waals surface area contributed by atoms with Gasteiger partial charge in [0.2, 0.25) is 0 Å². The van der Waals surface area contributed by atoms with Gasteiger partial charge in [0, 0.05) is 11.1 Å². The monoisotopic (exact) mass is 275 g/mol. The summed E-state index contributed by atoms with van der Waals surface area (Å²) < 4.78 is 0. The van der Waals surface area contributed by atoms with Crippen LogP contribution in [0.4, 0.5) is 0 Å². The lowest BCUT2D eigenvalue weighted by molar-refractivity contribution is 0.488. The van der Waals surface area contributed by atoms with Gasteiger partial charge in [-0.2, -0.15) is 0 Å². The van der Waals surface area contributed by atoms with Gasteiger partial charge in [-0.05, 0) is 44.2 Å². The van der Waals surface area contributed by atoms with E-state index in [0.717, 1.165) is 37.2 Å². The second-order valence-corrected chi connectivity index (χ2v) is 5.74.